The minimum atomic E-state index is -1.05. The van der Waals surface area contributed by atoms with Crippen LogP contribution in [0.5, 0.6) is 17.2 Å². The van der Waals surface area contributed by atoms with Crippen LogP contribution in [0.3, 0.4) is 0 Å². The van der Waals surface area contributed by atoms with Gasteiger partial charge in [-0.15, -0.1) is 12.4 Å². The zero-order chi connectivity index (χ0) is 19.4. The number of halogens is 3. The number of methoxy groups -OCH3 is 2. The van der Waals surface area contributed by atoms with Crippen molar-refractivity contribution in [3.63, 3.8) is 0 Å². The molecule has 0 spiro atoms. The summed E-state index contributed by atoms with van der Waals surface area (Å²) in [6, 6.07) is 4.83. The van der Waals surface area contributed by atoms with Crippen molar-refractivity contribution in [2.24, 2.45) is 0 Å². The second kappa shape index (κ2) is 9.34. The van der Waals surface area contributed by atoms with E-state index in [1.807, 2.05) is 0 Å². The Balaban J connectivity index is 0.00000280. The maximum atomic E-state index is 14.0. The van der Waals surface area contributed by atoms with Crippen LogP contribution in [0, 0.1) is 11.6 Å². The summed E-state index contributed by atoms with van der Waals surface area (Å²) in [5, 5.41) is 12.7. The van der Waals surface area contributed by atoms with Gasteiger partial charge >= 0.3 is 0 Å². The van der Waals surface area contributed by atoms with E-state index in [1.54, 1.807) is 19.2 Å². The zero-order valence-electron chi connectivity index (χ0n) is 15.0. The highest BCUT2D eigenvalue weighted by Crippen LogP contribution is 2.35. The Kier molecular flexibility index (Phi) is 7.13. The molecule has 2 N–H and O–H groups in total. The number of phenols is 1. The second-order valence-electron chi connectivity index (χ2n) is 5.49. The lowest BCUT2D eigenvalue weighted by Gasteiger charge is -2.14. The van der Waals surface area contributed by atoms with Crippen molar-refractivity contribution in [2.75, 3.05) is 32.8 Å². The predicted octanol–water partition coefficient (Wildman–Crippen LogP) is 3.81. The van der Waals surface area contributed by atoms with E-state index >= 15 is 0 Å². The van der Waals surface area contributed by atoms with Gasteiger partial charge < -0.3 is 24.6 Å². The summed E-state index contributed by atoms with van der Waals surface area (Å²) in [4.78, 5) is 8.28. The Morgan fingerprint density at radius 1 is 1.00 bits per heavy atom. The van der Waals surface area contributed by atoms with Gasteiger partial charge in [0.15, 0.2) is 23.1 Å². The average molecular weight is 414 g/mol. The molecule has 0 unspecified atom stereocenters. The first-order valence-electron chi connectivity index (χ1n) is 7.93. The lowest BCUT2D eigenvalue weighted by Crippen LogP contribution is -2.06. The highest BCUT2D eigenvalue weighted by Gasteiger charge is 2.14. The molecule has 0 radical (unpaired) electrons. The van der Waals surface area contributed by atoms with Crippen LogP contribution in [0.1, 0.15) is 0 Å². The van der Waals surface area contributed by atoms with Crippen molar-refractivity contribution in [3.05, 3.63) is 42.2 Å². The fraction of sp³-hybridized carbons (Fsp3) is 0.222. The van der Waals surface area contributed by atoms with Gasteiger partial charge in [-0.2, -0.15) is 0 Å². The van der Waals surface area contributed by atoms with E-state index in [4.69, 9.17) is 14.2 Å². The minimum Gasteiger partial charge on any atom is -0.505 e. The Hall–Kier alpha value is -2.91. The summed E-state index contributed by atoms with van der Waals surface area (Å²) in [6.07, 6.45) is 1.29. The van der Waals surface area contributed by atoms with Gasteiger partial charge in [0.1, 0.15) is 24.6 Å². The number of nitrogens with one attached hydrogen (secondary N) is 1. The molecule has 0 fully saturated rings. The number of phenolic OH excluding ortho intramolecular Hbond substituents is 1. The van der Waals surface area contributed by atoms with E-state index in [0.717, 1.165) is 6.07 Å². The molecule has 0 saturated heterocycles. The van der Waals surface area contributed by atoms with Crippen LogP contribution in [0.25, 0.3) is 10.9 Å². The third-order valence-corrected chi connectivity index (χ3v) is 3.76. The summed E-state index contributed by atoms with van der Waals surface area (Å²) in [6.45, 7) is 0.736. The van der Waals surface area contributed by atoms with E-state index in [9.17, 15) is 13.9 Å². The molecule has 2 aromatic carbocycles. The molecule has 10 heteroatoms. The van der Waals surface area contributed by atoms with Gasteiger partial charge in [-0.3, -0.25) is 0 Å². The third-order valence-electron chi connectivity index (χ3n) is 3.76. The quantitative estimate of drug-likeness (QED) is 0.569. The van der Waals surface area contributed by atoms with Gasteiger partial charge in [0.25, 0.3) is 0 Å². The van der Waals surface area contributed by atoms with Gasteiger partial charge in [0.05, 0.1) is 24.9 Å². The highest BCUT2D eigenvalue weighted by molar-refractivity contribution is 5.93. The molecule has 0 atom stereocenters. The Morgan fingerprint density at radius 2 is 1.79 bits per heavy atom. The van der Waals surface area contributed by atoms with E-state index in [-0.39, 0.29) is 23.9 Å². The number of aromatic hydroxyl groups is 1. The van der Waals surface area contributed by atoms with Crippen LogP contribution in [-0.2, 0) is 4.74 Å². The van der Waals surface area contributed by atoms with Crippen molar-refractivity contribution in [1.82, 2.24) is 9.97 Å². The monoisotopic (exact) mass is 413 g/mol. The van der Waals surface area contributed by atoms with Crippen molar-refractivity contribution >= 4 is 34.8 Å². The lowest BCUT2D eigenvalue weighted by molar-refractivity contribution is 0.144. The molecule has 3 rings (SSSR count). The molecule has 0 saturated carbocycles. The van der Waals surface area contributed by atoms with Gasteiger partial charge in [0.2, 0.25) is 0 Å². The number of hydrogen-bond donors (Lipinski definition) is 2. The maximum Gasteiger partial charge on any atom is 0.167 e. The van der Waals surface area contributed by atoms with E-state index < -0.39 is 17.4 Å². The van der Waals surface area contributed by atoms with Crippen molar-refractivity contribution in [1.29, 1.82) is 0 Å². The lowest BCUT2D eigenvalue weighted by atomic mass is 10.2. The SMILES string of the molecule is COCCOc1cc2ncnc(Nc3cc(O)c(F)cc3F)c2cc1OC.Cl. The van der Waals surface area contributed by atoms with Crippen LogP contribution in [0.4, 0.5) is 20.3 Å². The zero-order valence-corrected chi connectivity index (χ0v) is 15.8. The van der Waals surface area contributed by atoms with Gasteiger partial charge in [-0.1, -0.05) is 0 Å². The summed E-state index contributed by atoms with van der Waals surface area (Å²) >= 11 is 0. The van der Waals surface area contributed by atoms with Crippen molar-refractivity contribution in [2.45, 2.75) is 0 Å². The minimum absolute atomic E-state index is 0. The number of ether oxygens (including phenoxy) is 3. The van der Waals surface area contributed by atoms with E-state index in [1.165, 1.54) is 13.4 Å². The molecule has 0 aliphatic heterocycles. The van der Waals surface area contributed by atoms with Crippen molar-refractivity contribution in [3.8, 4) is 17.2 Å². The fourth-order valence-electron chi connectivity index (χ4n) is 2.43. The smallest absolute Gasteiger partial charge is 0.167 e. The van der Waals surface area contributed by atoms with Crippen LogP contribution in [-0.4, -0.2) is 42.5 Å². The Bertz CT molecular complexity index is 975. The second-order valence-corrected chi connectivity index (χ2v) is 5.49. The Labute approximate surface area is 165 Å². The van der Waals surface area contributed by atoms with Gasteiger partial charge in [0, 0.05) is 30.7 Å². The highest BCUT2D eigenvalue weighted by atomic mass is 35.5. The molecule has 0 aliphatic rings. The molecule has 3 aromatic rings. The van der Waals surface area contributed by atoms with Crippen LogP contribution in [0.2, 0.25) is 0 Å². The van der Waals surface area contributed by atoms with Crippen LogP contribution < -0.4 is 14.8 Å². The molecule has 28 heavy (non-hydrogen) atoms. The first-order valence-corrected chi connectivity index (χ1v) is 7.93. The molecule has 7 nitrogen and oxygen atoms in total. The largest absolute Gasteiger partial charge is 0.505 e. The molecule has 1 aromatic heterocycles. The first-order chi connectivity index (χ1) is 13.0. The molecular formula is C18H18ClF2N3O4. The van der Waals surface area contributed by atoms with E-state index in [2.05, 4.69) is 15.3 Å². The molecular weight excluding hydrogens is 396 g/mol. The summed E-state index contributed by atoms with van der Waals surface area (Å²) < 4.78 is 43.1. The topological polar surface area (TPSA) is 85.7 Å². The number of fused-ring (bicyclic) bond motifs is 1. The summed E-state index contributed by atoms with van der Waals surface area (Å²) in [7, 11) is 3.05. The fourth-order valence-corrected chi connectivity index (χ4v) is 2.43. The maximum absolute atomic E-state index is 14.0. The molecule has 0 bridgehead atoms. The number of benzene rings is 2. The van der Waals surface area contributed by atoms with Crippen LogP contribution >= 0.6 is 12.4 Å². The number of nitrogens with zero attached hydrogens (tertiary/aromatic N) is 2. The van der Waals surface area contributed by atoms with Gasteiger partial charge in [-0.25, -0.2) is 18.7 Å². The number of rotatable bonds is 7. The Morgan fingerprint density at radius 3 is 2.50 bits per heavy atom. The van der Waals surface area contributed by atoms with Gasteiger partial charge in [-0.05, 0) is 6.07 Å². The molecule has 150 valence electrons. The first kappa shape index (κ1) is 21.4. The van der Waals surface area contributed by atoms with Crippen LogP contribution in [0.15, 0.2) is 30.6 Å². The standard InChI is InChI=1S/C18H17F2N3O4.ClH/c1-25-3-4-27-17-8-13-10(5-16(17)26-2)18(22-9-21-13)23-14-7-15(24)12(20)6-11(14)19;/h5-9,24H,3-4H2,1-2H3,(H,21,22,23);1H. The molecule has 0 aliphatic carbocycles. The number of anilines is 2. The van der Waals surface area contributed by atoms with Crippen molar-refractivity contribution < 1.29 is 28.1 Å². The normalized spacial score (nSPS) is 10.4. The van der Waals surface area contributed by atoms with E-state index in [0.29, 0.717) is 41.7 Å². The number of aromatic nitrogens is 2. The third kappa shape index (κ3) is 4.49. The number of hydrogen-bond acceptors (Lipinski definition) is 7. The predicted molar refractivity (Wildman–Crippen MR) is 102 cm³/mol. The summed E-state index contributed by atoms with van der Waals surface area (Å²) in [5.74, 6) is -1.44. The molecule has 0 amide bonds. The summed E-state index contributed by atoms with van der Waals surface area (Å²) in [5.41, 5.74) is 0.390. The average Bonchev–Trinajstić information content (AvgIpc) is 2.66. The molecule has 1 heterocycles.